The molecule has 0 unspecified atom stereocenters. The molecule has 0 spiro atoms. The molecule has 0 bridgehead atoms. The lowest BCUT2D eigenvalue weighted by atomic mass is 10.2. The molecule has 2 N–H and O–H groups in total. The van der Waals surface area contributed by atoms with E-state index in [1.54, 1.807) is 12.3 Å². The lowest BCUT2D eigenvalue weighted by Crippen LogP contribution is -2.14. The summed E-state index contributed by atoms with van der Waals surface area (Å²) in [5.74, 6) is -2.47. The molecule has 2 rings (SSSR count). The Morgan fingerprint density at radius 1 is 1.47 bits per heavy atom. The number of anilines is 1. The zero-order chi connectivity index (χ0) is 14.0. The second-order valence-corrected chi connectivity index (χ2v) is 4.63. The van der Waals surface area contributed by atoms with E-state index in [0.29, 0.717) is 5.56 Å². The summed E-state index contributed by atoms with van der Waals surface area (Å²) in [7, 11) is 0. The number of nitrogens with zero attached hydrogens (tertiary/aromatic N) is 1. The normalized spacial score (nSPS) is 10.2. The van der Waals surface area contributed by atoms with Crippen molar-refractivity contribution in [3.63, 3.8) is 0 Å². The zero-order valence-corrected chi connectivity index (χ0v) is 10.6. The summed E-state index contributed by atoms with van der Waals surface area (Å²) in [6.45, 7) is 1.69. The van der Waals surface area contributed by atoms with Gasteiger partial charge in [0.15, 0.2) is 0 Å². The van der Waals surface area contributed by atoms with Crippen LogP contribution in [0.1, 0.15) is 25.6 Å². The first-order valence-electron chi connectivity index (χ1n) is 5.23. The molecule has 0 radical (unpaired) electrons. The summed E-state index contributed by atoms with van der Waals surface area (Å²) in [6, 6.07) is 2.33. The molecule has 2 aromatic heterocycles. The molecular formula is C12H9FN2O3S. The van der Waals surface area contributed by atoms with Gasteiger partial charge in [-0.15, -0.1) is 11.3 Å². The summed E-state index contributed by atoms with van der Waals surface area (Å²) in [4.78, 5) is 26.3. The van der Waals surface area contributed by atoms with E-state index in [0.717, 1.165) is 17.4 Å². The summed E-state index contributed by atoms with van der Waals surface area (Å²) in [6.07, 6.45) is 1.17. The lowest BCUT2D eigenvalue weighted by Gasteiger charge is -2.06. The number of carbonyl (C=O) groups excluding carboxylic acids is 1. The number of aromatic nitrogens is 1. The number of amides is 1. The maximum Gasteiger partial charge on any atom is 0.348 e. The molecule has 0 aliphatic carbocycles. The zero-order valence-electron chi connectivity index (χ0n) is 9.81. The Kier molecular flexibility index (Phi) is 3.57. The highest BCUT2D eigenvalue weighted by atomic mass is 32.1. The van der Waals surface area contributed by atoms with Gasteiger partial charge in [-0.2, -0.15) is 4.39 Å². The Bertz CT molecular complexity index is 654. The average Bonchev–Trinajstić information content (AvgIpc) is 2.71. The molecule has 2 heterocycles. The van der Waals surface area contributed by atoms with E-state index in [4.69, 9.17) is 5.11 Å². The summed E-state index contributed by atoms with van der Waals surface area (Å²) in [5, 5.41) is 13.1. The van der Waals surface area contributed by atoms with Crippen LogP contribution in [-0.4, -0.2) is 22.0 Å². The van der Waals surface area contributed by atoms with E-state index in [1.807, 2.05) is 0 Å². The smallest absolute Gasteiger partial charge is 0.348 e. The number of thiophene rings is 1. The van der Waals surface area contributed by atoms with Gasteiger partial charge in [0.2, 0.25) is 5.95 Å². The van der Waals surface area contributed by atoms with Gasteiger partial charge in [-0.1, -0.05) is 0 Å². The number of aromatic carboxylic acids is 1. The number of rotatable bonds is 3. The molecule has 7 heteroatoms. The quantitative estimate of drug-likeness (QED) is 0.847. The topological polar surface area (TPSA) is 79.3 Å². The van der Waals surface area contributed by atoms with E-state index in [9.17, 15) is 14.0 Å². The third-order valence-corrected chi connectivity index (χ3v) is 3.48. The Morgan fingerprint density at radius 3 is 2.84 bits per heavy atom. The van der Waals surface area contributed by atoms with Crippen molar-refractivity contribution >= 4 is 28.9 Å². The predicted molar refractivity (Wildman–Crippen MR) is 68.2 cm³/mol. The Balaban J connectivity index is 2.29. The number of hydrogen-bond acceptors (Lipinski definition) is 4. The summed E-state index contributed by atoms with van der Waals surface area (Å²) < 4.78 is 12.9. The summed E-state index contributed by atoms with van der Waals surface area (Å²) >= 11 is 1.02. The van der Waals surface area contributed by atoms with Crippen LogP contribution in [0.3, 0.4) is 0 Å². The lowest BCUT2D eigenvalue weighted by molar-refractivity contribution is 0.0703. The van der Waals surface area contributed by atoms with Crippen molar-refractivity contribution in [1.82, 2.24) is 4.98 Å². The fourth-order valence-electron chi connectivity index (χ4n) is 1.49. The van der Waals surface area contributed by atoms with Crippen molar-refractivity contribution < 1.29 is 19.1 Å². The maximum atomic E-state index is 12.9. The number of carboxylic acids is 1. The van der Waals surface area contributed by atoms with Crippen LogP contribution in [0.25, 0.3) is 0 Å². The van der Waals surface area contributed by atoms with Crippen LogP contribution in [0, 0.1) is 12.9 Å². The molecule has 0 aromatic carbocycles. The van der Waals surface area contributed by atoms with E-state index >= 15 is 0 Å². The van der Waals surface area contributed by atoms with Gasteiger partial charge in [0, 0.05) is 17.8 Å². The molecule has 19 heavy (non-hydrogen) atoms. The molecule has 0 fully saturated rings. The Labute approximate surface area is 111 Å². The van der Waals surface area contributed by atoms with Gasteiger partial charge in [-0.3, -0.25) is 4.79 Å². The first kappa shape index (κ1) is 13.2. The van der Waals surface area contributed by atoms with Gasteiger partial charge in [0.1, 0.15) is 4.88 Å². The van der Waals surface area contributed by atoms with E-state index in [-0.39, 0.29) is 16.1 Å². The monoisotopic (exact) mass is 280 g/mol. The number of pyridine rings is 1. The SMILES string of the molecule is Cc1csc(C(=O)O)c1NC(=O)c1ccnc(F)c1. The molecular weight excluding hydrogens is 271 g/mol. The van der Waals surface area contributed by atoms with Gasteiger partial charge >= 0.3 is 5.97 Å². The van der Waals surface area contributed by atoms with Gasteiger partial charge < -0.3 is 10.4 Å². The molecule has 0 atom stereocenters. The van der Waals surface area contributed by atoms with Crippen LogP contribution in [-0.2, 0) is 0 Å². The standard InChI is InChI=1S/C12H9FN2O3S/c1-6-5-19-10(12(17)18)9(6)15-11(16)7-2-3-14-8(13)4-7/h2-5H,1H3,(H,15,16)(H,17,18). The molecule has 5 nitrogen and oxygen atoms in total. The number of hydrogen-bond donors (Lipinski definition) is 2. The number of carboxylic acid groups (broad SMARTS) is 1. The highest BCUT2D eigenvalue weighted by molar-refractivity contribution is 7.12. The van der Waals surface area contributed by atoms with E-state index < -0.39 is 17.8 Å². The third kappa shape index (κ3) is 2.76. The molecule has 0 saturated carbocycles. The molecule has 2 aromatic rings. The van der Waals surface area contributed by atoms with Crippen LogP contribution in [0.2, 0.25) is 0 Å². The van der Waals surface area contributed by atoms with Crippen molar-refractivity contribution in [2.75, 3.05) is 5.32 Å². The molecule has 98 valence electrons. The Hall–Kier alpha value is -2.28. The molecule has 0 aliphatic rings. The minimum absolute atomic E-state index is 0.0420. The van der Waals surface area contributed by atoms with Crippen molar-refractivity contribution in [3.05, 3.63) is 45.7 Å². The first-order chi connectivity index (χ1) is 8.99. The Morgan fingerprint density at radius 2 is 2.21 bits per heavy atom. The van der Waals surface area contributed by atoms with Crippen LogP contribution in [0.5, 0.6) is 0 Å². The van der Waals surface area contributed by atoms with E-state index in [1.165, 1.54) is 12.3 Å². The fourth-order valence-corrected chi connectivity index (χ4v) is 2.33. The first-order valence-corrected chi connectivity index (χ1v) is 6.11. The number of nitrogens with one attached hydrogen (secondary N) is 1. The fraction of sp³-hybridized carbons (Fsp3) is 0.0833. The number of aryl methyl sites for hydroxylation is 1. The van der Waals surface area contributed by atoms with Crippen molar-refractivity contribution in [2.45, 2.75) is 6.92 Å². The second-order valence-electron chi connectivity index (χ2n) is 3.75. The highest BCUT2D eigenvalue weighted by Gasteiger charge is 2.18. The maximum absolute atomic E-state index is 12.9. The molecule has 0 aliphatic heterocycles. The highest BCUT2D eigenvalue weighted by Crippen LogP contribution is 2.28. The second kappa shape index (κ2) is 5.15. The van der Waals surface area contributed by atoms with Crippen molar-refractivity contribution in [3.8, 4) is 0 Å². The number of carbonyl (C=O) groups is 2. The van der Waals surface area contributed by atoms with E-state index in [2.05, 4.69) is 10.3 Å². The largest absolute Gasteiger partial charge is 0.477 e. The average molecular weight is 280 g/mol. The van der Waals surface area contributed by atoms with Crippen LogP contribution in [0.4, 0.5) is 10.1 Å². The van der Waals surface area contributed by atoms with Gasteiger partial charge in [0.05, 0.1) is 5.69 Å². The minimum Gasteiger partial charge on any atom is -0.477 e. The van der Waals surface area contributed by atoms with Gasteiger partial charge in [-0.05, 0) is 23.9 Å². The minimum atomic E-state index is -1.12. The number of halogens is 1. The summed E-state index contributed by atoms with van der Waals surface area (Å²) in [5.41, 5.74) is 0.958. The van der Waals surface area contributed by atoms with Crippen LogP contribution < -0.4 is 5.32 Å². The third-order valence-electron chi connectivity index (χ3n) is 2.40. The van der Waals surface area contributed by atoms with Gasteiger partial charge in [-0.25, -0.2) is 9.78 Å². The van der Waals surface area contributed by atoms with Crippen LogP contribution >= 0.6 is 11.3 Å². The van der Waals surface area contributed by atoms with Gasteiger partial charge in [0.25, 0.3) is 5.91 Å². The molecule has 1 amide bonds. The van der Waals surface area contributed by atoms with Crippen molar-refractivity contribution in [2.24, 2.45) is 0 Å². The predicted octanol–water partition coefficient (Wildman–Crippen LogP) is 2.54. The van der Waals surface area contributed by atoms with Crippen molar-refractivity contribution in [1.29, 1.82) is 0 Å². The molecule has 0 saturated heterocycles. The van der Waals surface area contributed by atoms with Crippen LogP contribution in [0.15, 0.2) is 23.7 Å².